The second-order valence-corrected chi connectivity index (χ2v) is 11.1. The Balaban J connectivity index is 0.000000172. The summed E-state index contributed by atoms with van der Waals surface area (Å²) in [4.78, 5) is 3.64. The molecule has 3 N–H and O–H groups in total. The Bertz CT molecular complexity index is 1280. The molecule has 2 aliphatic rings. The molecule has 178 valence electrons. The largest absolute Gasteiger partial charge is 0.392 e. The number of hydrogen-bond acceptors (Lipinski definition) is 6. The highest BCUT2D eigenvalue weighted by atomic mass is 79.9. The minimum Gasteiger partial charge on any atom is -0.392 e. The van der Waals surface area contributed by atoms with Crippen LogP contribution in [0, 0.1) is 17.5 Å². The number of fused-ring (bicyclic) bond motifs is 1. The van der Waals surface area contributed by atoms with E-state index in [1.54, 1.807) is 0 Å². The molecule has 5 rings (SSSR count). The van der Waals surface area contributed by atoms with Crippen molar-refractivity contribution in [3.8, 4) is 11.3 Å². The highest BCUT2D eigenvalue weighted by Crippen LogP contribution is 2.33. The van der Waals surface area contributed by atoms with E-state index in [2.05, 4.69) is 26.0 Å². The van der Waals surface area contributed by atoms with Gasteiger partial charge in [-0.3, -0.25) is 0 Å². The Morgan fingerprint density at radius 2 is 1.76 bits per heavy atom. The molecule has 1 saturated carbocycles. The van der Waals surface area contributed by atoms with Crippen molar-refractivity contribution in [2.45, 2.75) is 37.0 Å². The van der Waals surface area contributed by atoms with E-state index < -0.39 is 33.6 Å². The number of anilines is 1. The van der Waals surface area contributed by atoms with Crippen LogP contribution in [0.2, 0.25) is 0 Å². The number of aromatic nitrogens is 3. The zero-order valence-electron chi connectivity index (χ0n) is 17.3. The van der Waals surface area contributed by atoms with Gasteiger partial charge in [-0.15, -0.1) is 5.10 Å². The summed E-state index contributed by atoms with van der Waals surface area (Å²) in [5.41, 5.74) is 4.94. The van der Waals surface area contributed by atoms with Crippen LogP contribution in [0.3, 0.4) is 0 Å². The molecule has 1 saturated heterocycles. The van der Waals surface area contributed by atoms with Gasteiger partial charge in [-0.1, -0.05) is 15.9 Å². The molecule has 1 aromatic carbocycles. The Kier molecular flexibility index (Phi) is 6.67. The maximum absolute atomic E-state index is 14.0. The molecule has 1 aliphatic heterocycles. The molecular weight excluding hydrogens is 527 g/mol. The van der Waals surface area contributed by atoms with E-state index in [1.165, 1.54) is 4.31 Å². The van der Waals surface area contributed by atoms with Crippen molar-refractivity contribution in [2.24, 2.45) is 0 Å². The van der Waals surface area contributed by atoms with Crippen LogP contribution in [0.5, 0.6) is 0 Å². The van der Waals surface area contributed by atoms with Crippen LogP contribution in [0.25, 0.3) is 16.8 Å². The first-order valence-electron chi connectivity index (χ1n) is 10.2. The number of sulfonamides is 1. The van der Waals surface area contributed by atoms with Crippen molar-refractivity contribution in [1.82, 2.24) is 18.9 Å². The van der Waals surface area contributed by atoms with E-state index >= 15 is 0 Å². The van der Waals surface area contributed by atoms with Crippen molar-refractivity contribution >= 4 is 37.4 Å². The van der Waals surface area contributed by atoms with E-state index in [4.69, 9.17) is 5.73 Å². The number of aliphatic hydroxyl groups excluding tert-OH is 1. The lowest BCUT2D eigenvalue weighted by Crippen LogP contribution is -2.43. The number of halogens is 4. The van der Waals surface area contributed by atoms with Gasteiger partial charge in [0.05, 0.1) is 28.8 Å². The monoisotopic (exact) mass is 547 g/mol. The minimum absolute atomic E-state index is 0.0177. The third-order valence-corrected chi connectivity index (χ3v) is 8.24. The average molecular weight is 548 g/mol. The molecule has 0 radical (unpaired) electrons. The number of rotatable bonds is 3. The lowest BCUT2D eigenvalue weighted by molar-refractivity contribution is 0.108. The third kappa shape index (κ3) is 5.00. The van der Waals surface area contributed by atoms with Crippen LogP contribution >= 0.6 is 15.9 Å². The van der Waals surface area contributed by atoms with Gasteiger partial charge in [0, 0.05) is 23.6 Å². The first-order valence-corrected chi connectivity index (χ1v) is 12.5. The Morgan fingerprint density at radius 3 is 2.36 bits per heavy atom. The molecular formula is C20H21BrF3N5O3S. The van der Waals surface area contributed by atoms with E-state index in [0.717, 1.165) is 54.6 Å². The van der Waals surface area contributed by atoms with E-state index in [9.17, 15) is 26.7 Å². The molecule has 2 fully saturated rings. The predicted octanol–water partition coefficient (Wildman–Crippen LogP) is 3.09. The normalized spacial score (nSPS) is 19.4. The van der Waals surface area contributed by atoms with Crippen LogP contribution in [0.1, 0.15) is 25.7 Å². The number of hydrogen-bond donors (Lipinski definition) is 2. The number of β-amino-alcohol motifs (C(OH)–C–C–N with tert-alkyl or cyclic N) is 1. The van der Waals surface area contributed by atoms with E-state index in [1.807, 2.05) is 0 Å². The van der Waals surface area contributed by atoms with Gasteiger partial charge in [-0.2, -0.15) is 4.31 Å². The Morgan fingerprint density at radius 1 is 1.09 bits per heavy atom. The molecule has 0 amide bonds. The molecule has 13 heteroatoms. The maximum atomic E-state index is 14.0. The standard InChI is InChI=1S/C12H6BrF3N4.C8H15NO3S/c13-5-1-7(15)11(8(16)2-5)9-3-6(14)10-4-18-12(17)19-20(9)10;10-7-2-1-5-9(6-7)13(11,12)8-3-4-8/h1-4H,(H2,17,19);7-8,10H,1-6H2. The summed E-state index contributed by atoms with van der Waals surface area (Å²) < 4.78 is 67.8. The van der Waals surface area contributed by atoms with Gasteiger partial charge >= 0.3 is 0 Å². The SMILES string of the molecule is Nc1ncc2c(F)cc(-c3c(F)cc(Br)cc3F)n2n1.O=S(=O)(C1CC1)N1CCCC(O)C1. The van der Waals surface area contributed by atoms with Gasteiger partial charge in [0.15, 0.2) is 5.82 Å². The van der Waals surface area contributed by atoms with Gasteiger partial charge in [0.25, 0.3) is 0 Å². The van der Waals surface area contributed by atoms with Gasteiger partial charge in [0.2, 0.25) is 16.0 Å². The molecule has 1 aliphatic carbocycles. The van der Waals surface area contributed by atoms with Crippen LogP contribution in [0.4, 0.5) is 19.1 Å². The predicted molar refractivity (Wildman–Crippen MR) is 119 cm³/mol. The minimum atomic E-state index is -3.05. The molecule has 33 heavy (non-hydrogen) atoms. The lowest BCUT2D eigenvalue weighted by Gasteiger charge is -2.29. The number of benzene rings is 1. The van der Waals surface area contributed by atoms with Crippen molar-refractivity contribution in [2.75, 3.05) is 18.8 Å². The molecule has 1 unspecified atom stereocenters. The van der Waals surface area contributed by atoms with Gasteiger partial charge in [-0.05, 0) is 37.8 Å². The summed E-state index contributed by atoms with van der Waals surface area (Å²) >= 11 is 2.98. The van der Waals surface area contributed by atoms with Crippen molar-refractivity contribution in [3.63, 3.8) is 0 Å². The number of nitrogens with two attached hydrogens (primary N) is 1. The van der Waals surface area contributed by atoms with Crippen molar-refractivity contribution in [3.05, 3.63) is 46.3 Å². The first kappa shape index (κ1) is 23.9. The van der Waals surface area contributed by atoms with Crippen LogP contribution in [-0.2, 0) is 10.0 Å². The first-order chi connectivity index (χ1) is 15.6. The fourth-order valence-corrected chi connectivity index (χ4v) is 5.98. The summed E-state index contributed by atoms with van der Waals surface area (Å²) in [5, 5.41) is 13.0. The van der Waals surface area contributed by atoms with Crippen LogP contribution < -0.4 is 5.73 Å². The molecule has 2 aromatic heterocycles. The van der Waals surface area contributed by atoms with E-state index in [0.29, 0.717) is 13.1 Å². The second-order valence-electron chi connectivity index (χ2n) is 7.93. The van der Waals surface area contributed by atoms with Crippen molar-refractivity contribution in [1.29, 1.82) is 0 Å². The van der Waals surface area contributed by atoms with Gasteiger partial charge in [-0.25, -0.2) is 31.1 Å². The Hall–Kier alpha value is -2.22. The highest BCUT2D eigenvalue weighted by molar-refractivity contribution is 9.10. The average Bonchev–Trinajstić information content (AvgIpc) is 3.54. The maximum Gasteiger partial charge on any atom is 0.238 e. The highest BCUT2D eigenvalue weighted by Gasteiger charge is 2.41. The Labute approximate surface area is 196 Å². The van der Waals surface area contributed by atoms with Crippen LogP contribution in [-0.4, -0.2) is 56.9 Å². The molecule has 3 heterocycles. The molecule has 8 nitrogen and oxygen atoms in total. The summed E-state index contributed by atoms with van der Waals surface area (Å²) in [5.74, 6) is -2.50. The van der Waals surface area contributed by atoms with Crippen molar-refractivity contribution < 1.29 is 26.7 Å². The van der Waals surface area contributed by atoms with Gasteiger partial charge in [0.1, 0.15) is 17.2 Å². The smallest absolute Gasteiger partial charge is 0.238 e. The fourth-order valence-electron chi connectivity index (χ4n) is 3.66. The number of nitrogens with zero attached hydrogens (tertiary/aromatic N) is 4. The summed E-state index contributed by atoms with van der Waals surface area (Å²) in [6.07, 6.45) is 3.81. The topological polar surface area (TPSA) is 114 Å². The third-order valence-electron chi connectivity index (χ3n) is 5.41. The summed E-state index contributed by atoms with van der Waals surface area (Å²) in [6, 6.07) is 3.15. The fraction of sp³-hybridized carbons (Fsp3) is 0.400. The zero-order chi connectivity index (χ0) is 23.9. The lowest BCUT2D eigenvalue weighted by atomic mass is 10.1. The van der Waals surface area contributed by atoms with Gasteiger partial charge < -0.3 is 10.8 Å². The number of nitrogen functional groups attached to an aromatic ring is 1. The zero-order valence-corrected chi connectivity index (χ0v) is 19.7. The molecule has 1 atom stereocenters. The summed E-state index contributed by atoms with van der Waals surface area (Å²) in [7, 11) is -3.05. The van der Waals surface area contributed by atoms with E-state index in [-0.39, 0.29) is 32.4 Å². The number of aliphatic hydroxyl groups is 1. The number of piperidine rings is 1. The van der Waals surface area contributed by atoms with Crippen LogP contribution in [0.15, 0.2) is 28.9 Å². The molecule has 3 aromatic rings. The second kappa shape index (κ2) is 9.20. The quantitative estimate of drug-likeness (QED) is 0.520. The molecule has 0 bridgehead atoms. The molecule has 0 spiro atoms. The summed E-state index contributed by atoms with van der Waals surface area (Å²) in [6.45, 7) is 0.898.